The van der Waals surface area contributed by atoms with E-state index in [-0.39, 0.29) is 11.5 Å². The quantitative estimate of drug-likeness (QED) is 0.389. The number of anilines is 1. The van der Waals surface area contributed by atoms with Crippen molar-refractivity contribution in [1.82, 2.24) is 29.3 Å². The number of aromatic nitrogens is 6. The van der Waals surface area contributed by atoms with Crippen LogP contribution in [0, 0.1) is 0 Å². The molecule has 30 heavy (non-hydrogen) atoms. The second kappa shape index (κ2) is 8.81. The van der Waals surface area contributed by atoms with Gasteiger partial charge in [0.05, 0.1) is 27.3 Å². The summed E-state index contributed by atoms with van der Waals surface area (Å²) in [6, 6.07) is 6.91. The maximum atomic E-state index is 12.5. The fraction of sp³-hybridized carbons (Fsp3) is 0.111. The molecule has 0 saturated heterocycles. The Morgan fingerprint density at radius 1 is 1.00 bits per heavy atom. The van der Waals surface area contributed by atoms with Crippen molar-refractivity contribution in [1.29, 1.82) is 0 Å². The molecule has 0 aliphatic carbocycles. The number of nitrogens with zero attached hydrogens (tertiary/aromatic N) is 6. The van der Waals surface area contributed by atoms with Gasteiger partial charge in [0.25, 0.3) is 5.91 Å². The van der Waals surface area contributed by atoms with Crippen LogP contribution in [-0.4, -0.2) is 35.2 Å². The summed E-state index contributed by atoms with van der Waals surface area (Å²) < 4.78 is 5.74. The van der Waals surface area contributed by atoms with Gasteiger partial charge in [0.2, 0.25) is 0 Å². The Hall–Kier alpha value is -2.33. The molecule has 0 saturated carbocycles. The van der Waals surface area contributed by atoms with E-state index in [1.165, 1.54) is 0 Å². The standard InChI is InChI=1S/C18H13BrCl3N7O/c19-12-6-23-29(8-12)10-27-4-3-16(25-27)18(30)24-17-15(22)9-28(26-17)7-11-1-2-13(20)14(21)5-11/h1-6,8-9H,7,10H2,(H,24,26,30). The molecule has 0 atom stereocenters. The van der Waals surface area contributed by atoms with Crippen LogP contribution in [0.5, 0.6) is 0 Å². The van der Waals surface area contributed by atoms with Crippen molar-refractivity contribution in [2.75, 3.05) is 5.32 Å². The normalized spacial score (nSPS) is 11.1. The third-order valence-corrected chi connectivity index (χ3v) is 5.47. The van der Waals surface area contributed by atoms with Crippen molar-refractivity contribution in [2.45, 2.75) is 13.2 Å². The molecule has 0 fully saturated rings. The first kappa shape index (κ1) is 20.9. The van der Waals surface area contributed by atoms with E-state index in [0.29, 0.717) is 28.3 Å². The average molecular weight is 530 g/mol. The number of hydrogen-bond acceptors (Lipinski definition) is 4. The van der Waals surface area contributed by atoms with Crippen LogP contribution in [0.25, 0.3) is 0 Å². The van der Waals surface area contributed by atoms with Gasteiger partial charge in [-0.1, -0.05) is 40.9 Å². The molecule has 1 amide bonds. The minimum atomic E-state index is -0.419. The lowest BCUT2D eigenvalue weighted by atomic mass is 10.2. The monoisotopic (exact) mass is 527 g/mol. The zero-order valence-electron chi connectivity index (χ0n) is 15.1. The van der Waals surface area contributed by atoms with Crippen molar-refractivity contribution >= 4 is 62.5 Å². The lowest BCUT2D eigenvalue weighted by Gasteiger charge is -2.04. The van der Waals surface area contributed by atoms with Crippen LogP contribution in [0.4, 0.5) is 5.82 Å². The number of benzene rings is 1. The van der Waals surface area contributed by atoms with Gasteiger partial charge in [-0.15, -0.1) is 0 Å². The van der Waals surface area contributed by atoms with E-state index in [1.54, 1.807) is 50.8 Å². The Morgan fingerprint density at radius 2 is 1.83 bits per heavy atom. The van der Waals surface area contributed by atoms with E-state index in [9.17, 15) is 4.79 Å². The Bertz CT molecular complexity index is 1220. The zero-order chi connectivity index (χ0) is 21.3. The molecule has 154 valence electrons. The van der Waals surface area contributed by atoms with Crippen LogP contribution in [0.3, 0.4) is 0 Å². The van der Waals surface area contributed by atoms with E-state index >= 15 is 0 Å². The van der Waals surface area contributed by atoms with Crippen LogP contribution >= 0.6 is 50.7 Å². The summed E-state index contributed by atoms with van der Waals surface area (Å²) in [5.41, 5.74) is 1.13. The highest BCUT2D eigenvalue weighted by Crippen LogP contribution is 2.24. The number of carbonyl (C=O) groups excluding carboxylic acids is 1. The van der Waals surface area contributed by atoms with E-state index in [2.05, 4.69) is 36.5 Å². The zero-order valence-corrected chi connectivity index (χ0v) is 19.0. The van der Waals surface area contributed by atoms with E-state index in [0.717, 1.165) is 10.0 Å². The summed E-state index contributed by atoms with van der Waals surface area (Å²) in [7, 11) is 0. The van der Waals surface area contributed by atoms with Crippen LogP contribution < -0.4 is 5.32 Å². The van der Waals surface area contributed by atoms with Crippen molar-refractivity contribution in [3.8, 4) is 0 Å². The summed E-state index contributed by atoms with van der Waals surface area (Å²) in [6.07, 6.45) is 6.79. The number of rotatable bonds is 6. The average Bonchev–Trinajstić information content (AvgIpc) is 3.40. The SMILES string of the molecule is O=C(Nc1nn(Cc2ccc(Cl)c(Cl)c2)cc1Cl)c1ccn(Cn2cc(Br)cn2)n1. The van der Waals surface area contributed by atoms with Gasteiger partial charge in [-0.25, -0.2) is 4.68 Å². The number of nitrogens with one attached hydrogen (secondary N) is 1. The maximum Gasteiger partial charge on any atom is 0.277 e. The molecular weight excluding hydrogens is 517 g/mol. The Kier molecular flexibility index (Phi) is 6.14. The van der Waals surface area contributed by atoms with Crippen LogP contribution in [-0.2, 0) is 13.2 Å². The molecule has 1 N–H and O–H groups in total. The van der Waals surface area contributed by atoms with Gasteiger partial charge < -0.3 is 5.32 Å². The van der Waals surface area contributed by atoms with E-state index in [4.69, 9.17) is 34.8 Å². The first-order valence-electron chi connectivity index (χ1n) is 8.57. The molecule has 8 nitrogen and oxygen atoms in total. The highest BCUT2D eigenvalue weighted by molar-refractivity contribution is 9.10. The fourth-order valence-corrected chi connectivity index (χ4v) is 3.53. The van der Waals surface area contributed by atoms with Gasteiger partial charge in [-0.2, -0.15) is 15.3 Å². The molecule has 0 aliphatic heterocycles. The van der Waals surface area contributed by atoms with E-state index in [1.807, 2.05) is 12.3 Å². The van der Waals surface area contributed by atoms with Crippen molar-refractivity contribution in [2.24, 2.45) is 0 Å². The highest BCUT2D eigenvalue weighted by Gasteiger charge is 2.15. The van der Waals surface area contributed by atoms with Gasteiger partial charge >= 0.3 is 0 Å². The lowest BCUT2D eigenvalue weighted by Crippen LogP contribution is -2.15. The summed E-state index contributed by atoms with van der Waals surface area (Å²) in [4.78, 5) is 12.5. The number of hydrogen-bond donors (Lipinski definition) is 1. The van der Waals surface area contributed by atoms with Crippen molar-refractivity contribution < 1.29 is 4.79 Å². The minimum Gasteiger partial charge on any atom is -0.302 e. The number of amides is 1. The molecule has 0 radical (unpaired) electrons. The van der Waals surface area contributed by atoms with Gasteiger partial charge in [-0.05, 0) is 39.7 Å². The molecule has 12 heteroatoms. The van der Waals surface area contributed by atoms with Crippen molar-refractivity contribution in [3.05, 3.63) is 79.9 Å². The molecule has 0 spiro atoms. The summed E-state index contributed by atoms with van der Waals surface area (Å²) in [5, 5.41) is 16.7. The number of carbonyl (C=O) groups is 1. The minimum absolute atomic E-state index is 0.233. The second-order valence-corrected chi connectivity index (χ2v) is 8.44. The van der Waals surface area contributed by atoms with E-state index < -0.39 is 5.91 Å². The third kappa shape index (κ3) is 4.86. The lowest BCUT2D eigenvalue weighted by molar-refractivity contribution is 0.102. The van der Waals surface area contributed by atoms with Gasteiger partial charge in [0, 0.05) is 18.6 Å². The molecular formula is C18H13BrCl3N7O. The van der Waals surface area contributed by atoms with Crippen LogP contribution in [0.2, 0.25) is 15.1 Å². The fourth-order valence-electron chi connectivity index (χ4n) is 2.69. The van der Waals surface area contributed by atoms with Gasteiger partial charge in [0.1, 0.15) is 11.7 Å². The first-order valence-corrected chi connectivity index (χ1v) is 10.5. The van der Waals surface area contributed by atoms with Gasteiger partial charge in [-0.3, -0.25) is 14.2 Å². The maximum absolute atomic E-state index is 12.5. The topological polar surface area (TPSA) is 82.6 Å². The Morgan fingerprint density at radius 3 is 2.57 bits per heavy atom. The second-order valence-electron chi connectivity index (χ2n) is 6.31. The molecule has 0 aliphatic rings. The Balaban J connectivity index is 1.42. The molecule has 0 bridgehead atoms. The molecule has 3 heterocycles. The molecule has 0 unspecified atom stereocenters. The summed E-state index contributed by atoms with van der Waals surface area (Å²) >= 11 is 21.5. The molecule has 4 aromatic rings. The Labute approximate surface area is 194 Å². The molecule has 1 aromatic carbocycles. The highest BCUT2D eigenvalue weighted by atomic mass is 79.9. The largest absolute Gasteiger partial charge is 0.302 e. The number of halogens is 4. The van der Waals surface area contributed by atoms with Crippen LogP contribution in [0.1, 0.15) is 16.1 Å². The first-order chi connectivity index (χ1) is 14.4. The molecule has 3 aromatic heterocycles. The predicted octanol–water partition coefficient (Wildman–Crippen LogP) is 4.81. The predicted molar refractivity (Wildman–Crippen MR) is 118 cm³/mol. The van der Waals surface area contributed by atoms with Crippen molar-refractivity contribution in [3.63, 3.8) is 0 Å². The smallest absolute Gasteiger partial charge is 0.277 e. The molecule has 4 rings (SSSR count). The summed E-state index contributed by atoms with van der Waals surface area (Å²) in [5.74, 6) is -0.177. The summed E-state index contributed by atoms with van der Waals surface area (Å²) in [6.45, 7) is 0.790. The van der Waals surface area contributed by atoms with Crippen LogP contribution in [0.15, 0.2) is 53.5 Å². The van der Waals surface area contributed by atoms with Gasteiger partial charge in [0.15, 0.2) is 11.5 Å². The third-order valence-electron chi connectivity index (χ3n) is 4.04.